The first-order valence-corrected chi connectivity index (χ1v) is 4.88. The van der Waals surface area contributed by atoms with Crippen LogP contribution in [0, 0.1) is 0 Å². The Morgan fingerprint density at radius 2 is 2.27 bits per heavy atom. The highest BCUT2D eigenvalue weighted by molar-refractivity contribution is 7.10. The lowest BCUT2D eigenvalue weighted by molar-refractivity contribution is 0.262. The number of nitrogens with zero attached hydrogens (tertiary/aromatic N) is 3. The van der Waals surface area contributed by atoms with Crippen molar-refractivity contribution < 1.29 is 4.79 Å². The third kappa shape index (κ3) is 2.71. The van der Waals surface area contributed by atoms with E-state index in [1.807, 2.05) is 0 Å². The molecule has 2 aromatic rings. The Labute approximate surface area is 89.5 Å². The van der Waals surface area contributed by atoms with E-state index in [0.29, 0.717) is 10.8 Å². The first-order valence-electron chi connectivity index (χ1n) is 4.11. The summed E-state index contributed by atoms with van der Waals surface area (Å²) in [6.45, 7) is 0. The van der Waals surface area contributed by atoms with Gasteiger partial charge in [0.2, 0.25) is 0 Å². The number of hydrogen-bond donors (Lipinski definition) is 2. The molecular weight excluding hydrogens is 214 g/mol. The Kier molecular flexibility index (Phi) is 2.84. The van der Waals surface area contributed by atoms with Gasteiger partial charge in [-0.2, -0.15) is 0 Å². The predicted octanol–water partition coefficient (Wildman–Crippen LogP) is 1.58. The number of aromatic nitrogens is 3. The van der Waals surface area contributed by atoms with Crippen molar-refractivity contribution in [3.05, 3.63) is 30.6 Å². The zero-order valence-corrected chi connectivity index (χ0v) is 8.36. The molecule has 2 heterocycles. The first kappa shape index (κ1) is 9.53. The molecule has 0 aliphatic carbocycles. The van der Waals surface area contributed by atoms with Gasteiger partial charge >= 0.3 is 6.03 Å². The van der Waals surface area contributed by atoms with Gasteiger partial charge in [-0.25, -0.2) is 9.78 Å². The maximum Gasteiger partial charge on any atom is 0.325 e. The van der Waals surface area contributed by atoms with Gasteiger partial charge in [0, 0.05) is 17.7 Å². The van der Waals surface area contributed by atoms with E-state index in [1.54, 1.807) is 24.4 Å². The van der Waals surface area contributed by atoms with Crippen LogP contribution < -0.4 is 10.6 Å². The first-order chi connectivity index (χ1) is 7.34. The minimum absolute atomic E-state index is 0.361. The van der Waals surface area contributed by atoms with Crippen LogP contribution in [0.15, 0.2) is 30.6 Å². The lowest BCUT2D eigenvalue weighted by Crippen LogP contribution is -2.19. The maximum absolute atomic E-state index is 11.4. The van der Waals surface area contributed by atoms with Gasteiger partial charge in [-0.3, -0.25) is 10.6 Å². The second-order valence-electron chi connectivity index (χ2n) is 2.58. The second kappa shape index (κ2) is 4.47. The van der Waals surface area contributed by atoms with Crippen molar-refractivity contribution in [1.82, 2.24) is 14.6 Å². The molecule has 2 amide bonds. The number of rotatable bonds is 2. The van der Waals surface area contributed by atoms with Gasteiger partial charge in [-0.15, -0.1) is 5.10 Å². The largest absolute Gasteiger partial charge is 0.325 e. The van der Waals surface area contributed by atoms with Crippen molar-refractivity contribution in [3.63, 3.8) is 0 Å². The molecule has 0 bridgehead atoms. The number of nitrogens with one attached hydrogen (secondary N) is 2. The highest BCUT2D eigenvalue weighted by atomic mass is 32.1. The summed E-state index contributed by atoms with van der Waals surface area (Å²) in [7, 11) is 0. The molecule has 2 aromatic heterocycles. The van der Waals surface area contributed by atoms with Crippen LogP contribution in [0.3, 0.4) is 0 Å². The number of pyridine rings is 1. The van der Waals surface area contributed by atoms with Gasteiger partial charge in [0.05, 0.1) is 6.20 Å². The standard InChI is InChI=1S/C8H7N5OS/c14-8(12-7-5-10-13-15-7)11-6-3-1-2-4-9-6/h1-5H,(H2,9,11,12,14). The zero-order valence-electron chi connectivity index (χ0n) is 7.54. The van der Waals surface area contributed by atoms with Crippen LogP contribution >= 0.6 is 11.5 Å². The molecule has 0 radical (unpaired) electrons. The Balaban J connectivity index is 1.94. The number of carbonyl (C=O) groups excluding carboxylic acids is 1. The van der Waals surface area contributed by atoms with E-state index < -0.39 is 0 Å². The van der Waals surface area contributed by atoms with Crippen molar-refractivity contribution in [2.75, 3.05) is 10.6 Å². The van der Waals surface area contributed by atoms with Crippen LogP contribution in [0.1, 0.15) is 0 Å². The lowest BCUT2D eigenvalue weighted by Gasteiger charge is -2.03. The monoisotopic (exact) mass is 221 g/mol. The number of amides is 2. The van der Waals surface area contributed by atoms with Crippen LogP contribution in [-0.4, -0.2) is 20.6 Å². The van der Waals surface area contributed by atoms with Crippen molar-refractivity contribution in [2.45, 2.75) is 0 Å². The fourth-order valence-electron chi connectivity index (χ4n) is 0.918. The molecule has 2 rings (SSSR count). The van der Waals surface area contributed by atoms with Gasteiger partial charge in [-0.05, 0) is 12.1 Å². The molecule has 7 heteroatoms. The second-order valence-corrected chi connectivity index (χ2v) is 3.36. The Morgan fingerprint density at radius 3 is 2.93 bits per heavy atom. The molecular formula is C8H7N5OS. The molecule has 0 fully saturated rings. The summed E-state index contributed by atoms with van der Waals surface area (Å²) >= 11 is 1.11. The van der Waals surface area contributed by atoms with Crippen molar-refractivity contribution in [1.29, 1.82) is 0 Å². The van der Waals surface area contributed by atoms with E-state index >= 15 is 0 Å². The van der Waals surface area contributed by atoms with Gasteiger partial charge < -0.3 is 0 Å². The summed E-state index contributed by atoms with van der Waals surface area (Å²) in [6.07, 6.45) is 3.08. The highest BCUT2D eigenvalue weighted by Crippen LogP contribution is 2.09. The average molecular weight is 221 g/mol. The predicted molar refractivity (Wildman–Crippen MR) is 56.8 cm³/mol. The van der Waals surface area contributed by atoms with Gasteiger partial charge in [0.1, 0.15) is 10.8 Å². The minimum Gasteiger partial charge on any atom is -0.296 e. The summed E-state index contributed by atoms with van der Waals surface area (Å²) < 4.78 is 3.62. The Morgan fingerprint density at radius 1 is 1.33 bits per heavy atom. The Bertz CT molecular complexity index is 430. The molecule has 6 nitrogen and oxygen atoms in total. The molecule has 0 saturated carbocycles. The van der Waals surface area contributed by atoms with Crippen LogP contribution in [0.5, 0.6) is 0 Å². The molecule has 0 aliphatic heterocycles. The van der Waals surface area contributed by atoms with Crippen molar-refractivity contribution in [2.24, 2.45) is 0 Å². The minimum atomic E-state index is -0.361. The smallest absolute Gasteiger partial charge is 0.296 e. The van der Waals surface area contributed by atoms with E-state index in [1.165, 1.54) is 6.20 Å². The molecule has 76 valence electrons. The van der Waals surface area contributed by atoms with Gasteiger partial charge in [0.15, 0.2) is 0 Å². The van der Waals surface area contributed by atoms with Crippen molar-refractivity contribution >= 4 is 28.4 Å². The third-order valence-electron chi connectivity index (χ3n) is 1.50. The Hall–Kier alpha value is -2.02. The van der Waals surface area contributed by atoms with Gasteiger partial charge in [0.25, 0.3) is 0 Å². The lowest BCUT2D eigenvalue weighted by atomic mass is 10.5. The molecule has 0 saturated heterocycles. The summed E-state index contributed by atoms with van der Waals surface area (Å²) in [5.74, 6) is 0.493. The van der Waals surface area contributed by atoms with Gasteiger partial charge in [-0.1, -0.05) is 10.6 Å². The number of carbonyl (C=O) groups is 1. The molecule has 0 aromatic carbocycles. The van der Waals surface area contributed by atoms with E-state index in [9.17, 15) is 4.79 Å². The zero-order chi connectivity index (χ0) is 10.5. The number of urea groups is 1. The van der Waals surface area contributed by atoms with Crippen LogP contribution in [0.2, 0.25) is 0 Å². The number of anilines is 2. The fourth-order valence-corrected chi connectivity index (χ4v) is 1.33. The molecule has 0 spiro atoms. The van der Waals surface area contributed by atoms with E-state index in [-0.39, 0.29) is 6.03 Å². The van der Waals surface area contributed by atoms with E-state index in [2.05, 4.69) is 25.2 Å². The summed E-state index contributed by atoms with van der Waals surface area (Å²) in [5.41, 5.74) is 0. The topological polar surface area (TPSA) is 79.8 Å². The van der Waals surface area contributed by atoms with Crippen LogP contribution in [0.4, 0.5) is 15.6 Å². The summed E-state index contributed by atoms with van der Waals surface area (Å²) in [6, 6.07) is 4.90. The summed E-state index contributed by atoms with van der Waals surface area (Å²) in [4.78, 5) is 15.3. The van der Waals surface area contributed by atoms with E-state index in [4.69, 9.17) is 0 Å². The quantitative estimate of drug-likeness (QED) is 0.806. The maximum atomic E-state index is 11.4. The third-order valence-corrected chi connectivity index (χ3v) is 2.08. The van der Waals surface area contributed by atoms with Crippen molar-refractivity contribution in [3.8, 4) is 0 Å². The molecule has 15 heavy (non-hydrogen) atoms. The average Bonchev–Trinajstić information content (AvgIpc) is 2.71. The summed E-state index contributed by atoms with van der Waals surface area (Å²) in [5, 5.41) is 9.32. The highest BCUT2D eigenvalue weighted by Gasteiger charge is 2.03. The number of hydrogen-bond acceptors (Lipinski definition) is 5. The molecule has 0 unspecified atom stereocenters. The SMILES string of the molecule is O=C(Nc1ccccn1)Nc1cnns1. The fraction of sp³-hybridized carbons (Fsp3) is 0. The normalized spacial score (nSPS) is 9.60. The van der Waals surface area contributed by atoms with Crippen LogP contribution in [0.25, 0.3) is 0 Å². The molecule has 2 N–H and O–H groups in total. The molecule has 0 atom stereocenters. The van der Waals surface area contributed by atoms with E-state index in [0.717, 1.165) is 11.5 Å². The molecule has 0 aliphatic rings. The van der Waals surface area contributed by atoms with Crippen LogP contribution in [-0.2, 0) is 0 Å².